The number of benzene rings is 2. The van der Waals surface area contributed by atoms with E-state index in [1.807, 2.05) is 0 Å². The third-order valence-electron chi connectivity index (χ3n) is 5.75. The smallest absolute Gasteiger partial charge is 0.255 e. The van der Waals surface area contributed by atoms with Crippen LogP contribution in [0.3, 0.4) is 0 Å². The number of thiol groups is 1. The van der Waals surface area contributed by atoms with Crippen LogP contribution in [0.4, 0.5) is 3.89 Å². The molecule has 0 fully saturated rings. The highest BCUT2D eigenvalue weighted by Gasteiger charge is 2.19. The second-order valence-electron chi connectivity index (χ2n) is 7.62. The average molecular weight is 425 g/mol. The molecule has 0 saturated heterocycles. The summed E-state index contributed by atoms with van der Waals surface area (Å²) in [6.45, 7) is 13.8. The summed E-state index contributed by atoms with van der Waals surface area (Å²) < 4.78 is 35.3. The molecular formula is C22H29FO3S2. The molecule has 0 radical (unpaired) electrons. The summed E-state index contributed by atoms with van der Waals surface area (Å²) in [4.78, 5) is 0. The molecule has 0 N–H and O–H groups in total. The fourth-order valence-corrected chi connectivity index (χ4v) is 5.86. The minimum absolute atomic E-state index is 1.17. The first-order chi connectivity index (χ1) is 12.9. The van der Waals surface area contributed by atoms with E-state index in [9.17, 15) is 3.89 Å². The largest absolute Gasteiger partial charge is 0.722 e. The Balaban J connectivity index is 0.000000500. The van der Waals surface area contributed by atoms with E-state index in [1.165, 1.54) is 58.4 Å². The summed E-state index contributed by atoms with van der Waals surface area (Å²) in [7, 11) is -5.42. The van der Waals surface area contributed by atoms with E-state index in [4.69, 9.17) is 13.0 Å². The van der Waals surface area contributed by atoms with E-state index in [0.717, 1.165) is 0 Å². The van der Waals surface area contributed by atoms with Crippen LogP contribution in [0.1, 0.15) is 55.6 Å². The predicted octanol–water partition coefficient (Wildman–Crippen LogP) is 4.57. The molecule has 2 aromatic carbocycles. The van der Waals surface area contributed by atoms with E-state index in [1.54, 1.807) is 33.4 Å². The lowest BCUT2D eigenvalue weighted by molar-refractivity contribution is 0.417. The number of rotatable bonds is 0. The standard InChI is InChI=1S/C22H28S.FHO3S/c1-13-9-15(3)21-11-23-12-22-16(4)10-14(2)20(18(22)6)8-7-19(13)17(21)5;1-5(2,3)4/h9-10H,7-8,11-12H2,1-6H3;(H,2,3,4). The summed E-state index contributed by atoms with van der Waals surface area (Å²) >= 11 is 1.53. The molecule has 0 amide bonds. The van der Waals surface area contributed by atoms with Crippen molar-refractivity contribution in [1.29, 1.82) is 0 Å². The molecule has 154 valence electrons. The Bertz CT molecular complexity index is 922. The minimum atomic E-state index is -5.42. The van der Waals surface area contributed by atoms with Crippen LogP contribution in [0.5, 0.6) is 0 Å². The van der Waals surface area contributed by atoms with Gasteiger partial charge in [-0.05, 0) is 111 Å². The van der Waals surface area contributed by atoms with E-state index in [0.29, 0.717) is 0 Å². The van der Waals surface area contributed by atoms with Gasteiger partial charge in [0.1, 0.15) is 11.5 Å². The molecule has 0 aliphatic carbocycles. The van der Waals surface area contributed by atoms with Gasteiger partial charge in [0.2, 0.25) is 0 Å². The number of hydrogen-bond acceptors (Lipinski definition) is 3. The van der Waals surface area contributed by atoms with Gasteiger partial charge >= 0.3 is 0 Å². The van der Waals surface area contributed by atoms with Crippen molar-refractivity contribution in [2.75, 3.05) is 0 Å². The lowest BCUT2D eigenvalue weighted by Crippen LogP contribution is -2.05. The summed E-state index contributed by atoms with van der Waals surface area (Å²) in [6, 6.07) is 4.82. The minimum Gasteiger partial charge on any atom is -0.722 e. The summed E-state index contributed by atoms with van der Waals surface area (Å²) in [6.07, 6.45) is 2.35. The van der Waals surface area contributed by atoms with Crippen molar-refractivity contribution in [3.63, 3.8) is 0 Å². The van der Waals surface area contributed by atoms with Crippen LogP contribution in [0.15, 0.2) is 12.1 Å². The van der Waals surface area contributed by atoms with Gasteiger partial charge in [0.15, 0.2) is 0 Å². The Morgan fingerprint density at radius 1 is 0.750 bits per heavy atom. The summed E-state index contributed by atoms with van der Waals surface area (Å²) in [5.41, 5.74) is 15.4. The molecule has 0 saturated carbocycles. The highest BCUT2D eigenvalue weighted by molar-refractivity contribution is 7.80. The van der Waals surface area contributed by atoms with Crippen molar-refractivity contribution in [1.82, 2.24) is 0 Å². The van der Waals surface area contributed by atoms with E-state index >= 15 is 0 Å². The van der Waals surface area contributed by atoms with Crippen LogP contribution in [0, 0.1) is 41.5 Å². The molecule has 4 bridgehead atoms. The monoisotopic (exact) mass is 424 g/mol. The summed E-state index contributed by atoms with van der Waals surface area (Å²) in [5, 5.41) is 0. The third-order valence-corrected chi connectivity index (χ3v) is 6.83. The quantitative estimate of drug-likeness (QED) is 0.269. The van der Waals surface area contributed by atoms with Crippen molar-refractivity contribution in [3.8, 4) is 0 Å². The third kappa shape index (κ3) is 5.58. The maximum Gasteiger partial charge on any atom is 0.255 e. The van der Waals surface area contributed by atoms with Crippen LogP contribution < -0.4 is 0 Å². The maximum absolute atomic E-state index is 10.1. The van der Waals surface area contributed by atoms with E-state index < -0.39 is 10.5 Å². The Labute approximate surface area is 172 Å². The molecule has 0 aromatic heterocycles. The zero-order chi connectivity index (χ0) is 21.2. The van der Waals surface area contributed by atoms with Crippen LogP contribution in [-0.2, 0) is 46.6 Å². The van der Waals surface area contributed by atoms with E-state index in [-0.39, 0.29) is 0 Å². The SMILES string of the molecule is Cc1cc(C)c2c(C)c1CCc1c(C)cc(C)c(c1C)C[SH+]C2.O=S(=O)([O-])F. The molecule has 1 aliphatic heterocycles. The Morgan fingerprint density at radius 2 is 1.04 bits per heavy atom. The molecule has 0 unspecified atom stereocenters. The lowest BCUT2D eigenvalue weighted by atomic mass is 9.87. The van der Waals surface area contributed by atoms with Gasteiger partial charge < -0.3 is 4.55 Å². The first kappa shape index (κ1) is 22.9. The summed E-state index contributed by atoms with van der Waals surface area (Å²) in [5.74, 6) is 2.38. The average Bonchev–Trinajstić information content (AvgIpc) is 2.54. The van der Waals surface area contributed by atoms with E-state index in [2.05, 4.69) is 53.7 Å². The predicted molar refractivity (Wildman–Crippen MR) is 116 cm³/mol. The number of fused-ring (bicyclic) bond motifs is 4. The molecule has 6 heteroatoms. The molecule has 0 spiro atoms. The fraction of sp³-hybridized carbons (Fsp3) is 0.455. The molecule has 1 heterocycles. The van der Waals surface area contributed by atoms with Gasteiger partial charge in [-0.15, -0.1) is 3.89 Å². The zero-order valence-corrected chi connectivity index (χ0v) is 19.2. The molecular weight excluding hydrogens is 395 g/mol. The first-order valence-electron chi connectivity index (χ1n) is 9.36. The Hall–Kier alpha value is -1.37. The molecule has 0 atom stereocenters. The van der Waals surface area contributed by atoms with Crippen LogP contribution >= 0.6 is 0 Å². The topological polar surface area (TPSA) is 57.2 Å². The van der Waals surface area contributed by atoms with Gasteiger partial charge in [-0.2, -0.15) is 0 Å². The Kier molecular flexibility index (Phi) is 7.34. The molecule has 3 nitrogen and oxygen atoms in total. The molecule has 28 heavy (non-hydrogen) atoms. The van der Waals surface area contributed by atoms with Crippen LogP contribution in [0.25, 0.3) is 0 Å². The van der Waals surface area contributed by atoms with Crippen LogP contribution in [0.2, 0.25) is 0 Å². The van der Waals surface area contributed by atoms with Crippen molar-refractivity contribution >= 4 is 22.3 Å². The highest BCUT2D eigenvalue weighted by atomic mass is 32.3. The van der Waals surface area contributed by atoms with Gasteiger partial charge in [0.05, 0.1) is 0 Å². The van der Waals surface area contributed by atoms with Gasteiger partial charge in [-0.1, -0.05) is 12.1 Å². The zero-order valence-electron chi connectivity index (χ0n) is 17.4. The van der Waals surface area contributed by atoms with Crippen LogP contribution in [-0.4, -0.2) is 13.0 Å². The number of halogens is 1. The van der Waals surface area contributed by atoms with Crippen molar-refractivity contribution in [2.24, 2.45) is 0 Å². The van der Waals surface area contributed by atoms with Gasteiger partial charge in [-0.25, -0.2) is 8.42 Å². The normalized spacial score (nSPS) is 14.0. The highest BCUT2D eigenvalue weighted by Crippen LogP contribution is 2.30. The second kappa shape index (κ2) is 8.97. The van der Waals surface area contributed by atoms with Gasteiger partial charge in [0, 0.05) is 11.1 Å². The lowest BCUT2D eigenvalue weighted by Gasteiger charge is -2.17. The van der Waals surface area contributed by atoms with Gasteiger partial charge in [0.25, 0.3) is 10.5 Å². The van der Waals surface area contributed by atoms with Gasteiger partial charge in [-0.3, -0.25) is 0 Å². The molecule has 3 rings (SSSR count). The number of hydrogen-bond donors (Lipinski definition) is 0. The number of aryl methyl sites for hydroxylation is 4. The second-order valence-corrected chi connectivity index (χ2v) is 9.48. The molecule has 2 aromatic rings. The van der Waals surface area contributed by atoms with Crippen molar-refractivity contribution < 1.29 is 16.9 Å². The maximum atomic E-state index is 10.1. The van der Waals surface area contributed by atoms with Crippen molar-refractivity contribution in [3.05, 3.63) is 67.8 Å². The van der Waals surface area contributed by atoms with Crippen molar-refractivity contribution in [2.45, 2.75) is 65.9 Å². The molecule has 1 aliphatic rings. The first-order valence-corrected chi connectivity index (χ1v) is 11.9. The fourth-order valence-electron chi connectivity index (χ4n) is 4.33. The Morgan fingerprint density at radius 3 is 1.36 bits per heavy atom.